The van der Waals surface area contributed by atoms with E-state index in [-0.39, 0.29) is 11.9 Å². The lowest BCUT2D eigenvalue weighted by Crippen LogP contribution is -2.30. The molecule has 0 aliphatic heterocycles. The van der Waals surface area contributed by atoms with Gasteiger partial charge in [0.25, 0.3) is 0 Å². The van der Waals surface area contributed by atoms with Crippen molar-refractivity contribution in [3.05, 3.63) is 68.9 Å². The Labute approximate surface area is 124 Å². The first-order valence-corrected chi connectivity index (χ1v) is 6.93. The number of hydrogen-bond acceptors (Lipinski definition) is 2. The number of benzene rings is 2. The summed E-state index contributed by atoms with van der Waals surface area (Å²) >= 11 is 9.28. The molecule has 5 heteroatoms. The maximum atomic E-state index is 13.8. The molecule has 2 aromatic rings. The molecule has 0 saturated heterocycles. The molecule has 0 aliphatic carbocycles. The minimum Gasteiger partial charge on any atom is -0.271 e. The van der Waals surface area contributed by atoms with E-state index in [4.69, 9.17) is 17.4 Å². The highest BCUT2D eigenvalue weighted by atomic mass is 79.9. The molecule has 0 heterocycles. The van der Waals surface area contributed by atoms with Crippen molar-refractivity contribution >= 4 is 27.5 Å². The molecule has 3 N–H and O–H groups in total. The number of hydrogen-bond donors (Lipinski definition) is 2. The summed E-state index contributed by atoms with van der Waals surface area (Å²) in [6.45, 7) is 0. The van der Waals surface area contributed by atoms with Crippen LogP contribution in [0.5, 0.6) is 0 Å². The molecule has 0 radical (unpaired) electrons. The van der Waals surface area contributed by atoms with Gasteiger partial charge in [-0.05, 0) is 42.3 Å². The molecule has 0 fully saturated rings. The fourth-order valence-corrected chi connectivity index (χ4v) is 2.53. The minimum atomic E-state index is -0.309. The first-order valence-electron chi connectivity index (χ1n) is 5.75. The normalized spacial score (nSPS) is 12.4. The SMILES string of the molecule is NNC(Cc1cccc(Cl)c1)c1cc(Br)ccc1F. The van der Waals surface area contributed by atoms with E-state index in [0.29, 0.717) is 17.0 Å². The van der Waals surface area contributed by atoms with Crippen LogP contribution in [-0.4, -0.2) is 0 Å². The Balaban J connectivity index is 2.27. The second-order valence-electron chi connectivity index (χ2n) is 4.22. The maximum Gasteiger partial charge on any atom is 0.128 e. The first-order chi connectivity index (χ1) is 9.10. The van der Waals surface area contributed by atoms with Crippen LogP contribution in [-0.2, 0) is 6.42 Å². The highest BCUT2D eigenvalue weighted by Gasteiger charge is 2.15. The zero-order valence-corrected chi connectivity index (χ0v) is 12.4. The van der Waals surface area contributed by atoms with Crippen LogP contribution in [0.4, 0.5) is 4.39 Å². The third-order valence-electron chi connectivity index (χ3n) is 2.86. The van der Waals surface area contributed by atoms with Crippen LogP contribution in [0.1, 0.15) is 17.2 Å². The van der Waals surface area contributed by atoms with Crippen LogP contribution in [0, 0.1) is 5.82 Å². The second kappa shape index (κ2) is 6.48. The van der Waals surface area contributed by atoms with E-state index in [0.717, 1.165) is 10.0 Å². The first kappa shape index (κ1) is 14.5. The highest BCUT2D eigenvalue weighted by molar-refractivity contribution is 9.10. The van der Waals surface area contributed by atoms with E-state index in [1.165, 1.54) is 6.07 Å². The fourth-order valence-electron chi connectivity index (χ4n) is 1.94. The Morgan fingerprint density at radius 2 is 2.05 bits per heavy atom. The number of nitrogens with two attached hydrogens (primary N) is 1. The van der Waals surface area contributed by atoms with E-state index < -0.39 is 0 Å². The average Bonchev–Trinajstić information content (AvgIpc) is 2.39. The van der Waals surface area contributed by atoms with Crippen molar-refractivity contribution in [1.82, 2.24) is 5.43 Å². The zero-order chi connectivity index (χ0) is 13.8. The van der Waals surface area contributed by atoms with Crippen molar-refractivity contribution in [1.29, 1.82) is 0 Å². The van der Waals surface area contributed by atoms with Crippen molar-refractivity contribution in [3.8, 4) is 0 Å². The summed E-state index contributed by atoms with van der Waals surface area (Å²) < 4.78 is 14.7. The number of nitrogens with one attached hydrogen (secondary N) is 1. The average molecular weight is 344 g/mol. The smallest absolute Gasteiger partial charge is 0.128 e. The van der Waals surface area contributed by atoms with E-state index in [1.807, 2.05) is 18.2 Å². The van der Waals surface area contributed by atoms with Crippen LogP contribution < -0.4 is 11.3 Å². The summed E-state index contributed by atoms with van der Waals surface area (Å²) in [5, 5.41) is 0.656. The van der Waals surface area contributed by atoms with Crippen LogP contribution in [0.3, 0.4) is 0 Å². The lowest BCUT2D eigenvalue weighted by Gasteiger charge is -2.17. The highest BCUT2D eigenvalue weighted by Crippen LogP contribution is 2.25. The lowest BCUT2D eigenvalue weighted by molar-refractivity contribution is 0.510. The van der Waals surface area contributed by atoms with Crippen LogP contribution in [0.15, 0.2) is 46.9 Å². The van der Waals surface area contributed by atoms with Gasteiger partial charge in [-0.2, -0.15) is 0 Å². The Morgan fingerprint density at radius 3 is 2.74 bits per heavy atom. The number of halogens is 3. The number of rotatable bonds is 4. The summed E-state index contributed by atoms with van der Waals surface area (Å²) in [5.74, 6) is 5.26. The molecule has 0 amide bonds. The van der Waals surface area contributed by atoms with Gasteiger partial charge >= 0.3 is 0 Å². The standard InChI is InChI=1S/C14H13BrClFN2/c15-10-4-5-13(17)12(8-10)14(19-18)7-9-2-1-3-11(16)6-9/h1-6,8,14,19H,7,18H2. The molecule has 0 aliphatic rings. The van der Waals surface area contributed by atoms with Gasteiger partial charge in [0.15, 0.2) is 0 Å². The molecule has 2 aromatic carbocycles. The molecule has 0 aromatic heterocycles. The molecule has 1 unspecified atom stereocenters. The Morgan fingerprint density at radius 1 is 1.26 bits per heavy atom. The predicted molar refractivity (Wildman–Crippen MR) is 79.3 cm³/mol. The van der Waals surface area contributed by atoms with Gasteiger partial charge < -0.3 is 0 Å². The maximum absolute atomic E-state index is 13.8. The van der Waals surface area contributed by atoms with Crippen LogP contribution in [0.2, 0.25) is 5.02 Å². The third kappa shape index (κ3) is 3.76. The van der Waals surface area contributed by atoms with Gasteiger partial charge in [0, 0.05) is 15.1 Å². The monoisotopic (exact) mass is 342 g/mol. The summed E-state index contributed by atoms with van der Waals surface area (Å²) in [5.41, 5.74) is 4.17. The summed E-state index contributed by atoms with van der Waals surface area (Å²) in [6, 6.07) is 11.9. The molecule has 100 valence electrons. The van der Waals surface area contributed by atoms with Gasteiger partial charge in [-0.15, -0.1) is 0 Å². The van der Waals surface area contributed by atoms with Gasteiger partial charge in [0.1, 0.15) is 5.82 Å². The van der Waals surface area contributed by atoms with Gasteiger partial charge in [-0.25, -0.2) is 4.39 Å². The predicted octanol–water partition coefficient (Wildman–Crippen LogP) is 3.99. The van der Waals surface area contributed by atoms with Crippen molar-refractivity contribution in [2.24, 2.45) is 5.84 Å². The summed E-state index contributed by atoms with van der Waals surface area (Å²) in [7, 11) is 0. The topological polar surface area (TPSA) is 38.0 Å². The Kier molecular flexibility index (Phi) is 4.93. The third-order valence-corrected chi connectivity index (χ3v) is 3.59. The molecular weight excluding hydrogens is 331 g/mol. The zero-order valence-electron chi connectivity index (χ0n) is 10.0. The van der Waals surface area contributed by atoms with Gasteiger partial charge in [0.2, 0.25) is 0 Å². The van der Waals surface area contributed by atoms with Crippen molar-refractivity contribution in [2.45, 2.75) is 12.5 Å². The molecule has 0 saturated carbocycles. The fraction of sp³-hybridized carbons (Fsp3) is 0.143. The van der Waals surface area contributed by atoms with E-state index in [1.54, 1.807) is 18.2 Å². The molecule has 0 bridgehead atoms. The van der Waals surface area contributed by atoms with E-state index in [2.05, 4.69) is 21.4 Å². The lowest BCUT2D eigenvalue weighted by atomic mass is 9.99. The molecule has 1 atom stereocenters. The molecular formula is C14H13BrClFN2. The van der Waals surface area contributed by atoms with Gasteiger partial charge in [-0.3, -0.25) is 11.3 Å². The van der Waals surface area contributed by atoms with E-state index in [9.17, 15) is 4.39 Å². The van der Waals surface area contributed by atoms with Crippen LogP contribution >= 0.6 is 27.5 Å². The Bertz CT molecular complexity index is 577. The van der Waals surface area contributed by atoms with Crippen molar-refractivity contribution < 1.29 is 4.39 Å². The largest absolute Gasteiger partial charge is 0.271 e. The minimum absolute atomic E-state index is 0.284. The van der Waals surface area contributed by atoms with Gasteiger partial charge in [-0.1, -0.05) is 39.7 Å². The van der Waals surface area contributed by atoms with Gasteiger partial charge in [0.05, 0.1) is 6.04 Å². The van der Waals surface area contributed by atoms with E-state index >= 15 is 0 Å². The molecule has 2 nitrogen and oxygen atoms in total. The summed E-state index contributed by atoms with van der Waals surface area (Å²) in [4.78, 5) is 0. The molecule has 0 spiro atoms. The Hall–Kier alpha value is -0.940. The van der Waals surface area contributed by atoms with Crippen LogP contribution in [0.25, 0.3) is 0 Å². The quantitative estimate of drug-likeness (QED) is 0.651. The summed E-state index contributed by atoms with van der Waals surface area (Å²) in [6.07, 6.45) is 0.560. The second-order valence-corrected chi connectivity index (χ2v) is 5.57. The molecule has 2 rings (SSSR count). The number of hydrazine groups is 1. The molecule has 19 heavy (non-hydrogen) atoms. The van der Waals surface area contributed by atoms with Crippen molar-refractivity contribution in [2.75, 3.05) is 0 Å². The van der Waals surface area contributed by atoms with Crippen molar-refractivity contribution in [3.63, 3.8) is 0 Å².